The van der Waals surface area contributed by atoms with E-state index in [0.29, 0.717) is 0 Å². The van der Waals surface area contributed by atoms with Crippen LogP contribution in [0.15, 0.2) is 36.4 Å². The van der Waals surface area contributed by atoms with E-state index >= 15 is 0 Å². The number of amides is 1. The normalized spacial score (nSPS) is 11.8. The van der Waals surface area contributed by atoms with E-state index in [2.05, 4.69) is 5.32 Å². The molecule has 0 saturated carbocycles. The molecule has 5 nitrogen and oxygen atoms in total. The first-order chi connectivity index (χ1) is 10.8. The Morgan fingerprint density at radius 3 is 2.52 bits per heavy atom. The van der Waals surface area contributed by atoms with Gasteiger partial charge in [-0.15, -0.1) is 0 Å². The van der Waals surface area contributed by atoms with Crippen LogP contribution in [-0.4, -0.2) is 10.8 Å². The van der Waals surface area contributed by atoms with Crippen LogP contribution in [-0.2, 0) is 0 Å². The smallest absolute Gasteiger partial charge is 0.270 e. The SMILES string of the molecule is CC(NC(=O)c1ccc([N+](=O)[O-])cc1Cl)c1ccc(F)cc1F. The van der Waals surface area contributed by atoms with Crippen molar-refractivity contribution in [2.45, 2.75) is 13.0 Å². The zero-order valence-electron chi connectivity index (χ0n) is 11.8. The molecule has 120 valence electrons. The predicted octanol–water partition coefficient (Wildman–Crippen LogP) is 4.02. The highest BCUT2D eigenvalue weighted by Gasteiger charge is 2.19. The molecule has 23 heavy (non-hydrogen) atoms. The van der Waals surface area contributed by atoms with Gasteiger partial charge in [0.2, 0.25) is 0 Å². The number of benzene rings is 2. The average molecular weight is 341 g/mol. The molecule has 0 aromatic heterocycles. The summed E-state index contributed by atoms with van der Waals surface area (Å²) in [4.78, 5) is 22.1. The van der Waals surface area contributed by atoms with Gasteiger partial charge in [0.1, 0.15) is 11.6 Å². The number of rotatable bonds is 4. The molecule has 0 bridgehead atoms. The van der Waals surface area contributed by atoms with Crippen molar-refractivity contribution in [1.29, 1.82) is 0 Å². The van der Waals surface area contributed by atoms with Crippen molar-refractivity contribution < 1.29 is 18.5 Å². The molecule has 0 aliphatic carbocycles. The van der Waals surface area contributed by atoms with E-state index in [4.69, 9.17) is 11.6 Å². The van der Waals surface area contributed by atoms with Crippen LogP contribution in [0.5, 0.6) is 0 Å². The molecule has 0 aliphatic rings. The fourth-order valence-electron chi connectivity index (χ4n) is 2.01. The Balaban J connectivity index is 2.20. The van der Waals surface area contributed by atoms with Gasteiger partial charge in [-0.3, -0.25) is 14.9 Å². The van der Waals surface area contributed by atoms with Crippen LogP contribution in [0.4, 0.5) is 14.5 Å². The third-order valence-electron chi connectivity index (χ3n) is 3.18. The highest BCUT2D eigenvalue weighted by molar-refractivity contribution is 6.34. The van der Waals surface area contributed by atoms with Crippen molar-refractivity contribution in [1.82, 2.24) is 5.32 Å². The lowest BCUT2D eigenvalue weighted by Gasteiger charge is -2.15. The number of hydrogen-bond donors (Lipinski definition) is 1. The highest BCUT2D eigenvalue weighted by atomic mass is 35.5. The molecule has 1 atom stereocenters. The predicted molar refractivity (Wildman–Crippen MR) is 80.3 cm³/mol. The van der Waals surface area contributed by atoms with Crippen LogP contribution < -0.4 is 5.32 Å². The van der Waals surface area contributed by atoms with Crippen molar-refractivity contribution in [2.24, 2.45) is 0 Å². The largest absolute Gasteiger partial charge is 0.345 e. The van der Waals surface area contributed by atoms with Gasteiger partial charge in [0, 0.05) is 23.8 Å². The Hall–Kier alpha value is -2.54. The van der Waals surface area contributed by atoms with E-state index in [0.717, 1.165) is 24.3 Å². The minimum atomic E-state index is -0.785. The van der Waals surface area contributed by atoms with E-state index in [-0.39, 0.29) is 21.8 Å². The zero-order chi connectivity index (χ0) is 17.1. The fraction of sp³-hybridized carbons (Fsp3) is 0.133. The fourth-order valence-corrected chi connectivity index (χ4v) is 2.27. The van der Waals surface area contributed by atoms with E-state index < -0.39 is 28.5 Å². The molecule has 2 aromatic rings. The third kappa shape index (κ3) is 3.81. The van der Waals surface area contributed by atoms with Crippen LogP contribution in [0.3, 0.4) is 0 Å². The molecule has 2 aromatic carbocycles. The number of carbonyl (C=O) groups is 1. The molecule has 0 fully saturated rings. The van der Waals surface area contributed by atoms with Crippen molar-refractivity contribution in [3.05, 3.63) is 74.3 Å². The van der Waals surface area contributed by atoms with Crippen LogP contribution in [0.1, 0.15) is 28.9 Å². The Morgan fingerprint density at radius 1 is 1.26 bits per heavy atom. The molecule has 0 saturated heterocycles. The van der Waals surface area contributed by atoms with Crippen molar-refractivity contribution in [2.75, 3.05) is 0 Å². The summed E-state index contributed by atoms with van der Waals surface area (Å²) in [5.74, 6) is -2.13. The Kier molecular flexibility index (Phi) is 4.90. The van der Waals surface area contributed by atoms with E-state index in [1.165, 1.54) is 19.1 Å². The summed E-state index contributed by atoms with van der Waals surface area (Å²) in [6, 6.07) is 5.70. The molecular weight excluding hydrogens is 330 g/mol. The first-order valence-corrected chi connectivity index (χ1v) is 6.87. The maximum atomic E-state index is 13.7. The molecule has 1 N–H and O–H groups in total. The maximum absolute atomic E-state index is 13.7. The first-order valence-electron chi connectivity index (χ1n) is 6.49. The number of non-ortho nitro benzene ring substituents is 1. The van der Waals surface area contributed by atoms with Gasteiger partial charge in [-0.2, -0.15) is 0 Å². The second-order valence-corrected chi connectivity index (χ2v) is 5.19. The van der Waals surface area contributed by atoms with Crippen molar-refractivity contribution in [3.63, 3.8) is 0 Å². The second-order valence-electron chi connectivity index (χ2n) is 4.78. The second kappa shape index (κ2) is 6.70. The Morgan fingerprint density at radius 2 is 1.96 bits per heavy atom. The molecule has 8 heteroatoms. The number of carbonyl (C=O) groups excluding carboxylic acids is 1. The lowest BCUT2D eigenvalue weighted by Crippen LogP contribution is -2.27. The Labute approximate surface area is 135 Å². The Bertz CT molecular complexity index is 783. The van der Waals surface area contributed by atoms with Crippen LogP contribution in [0, 0.1) is 21.7 Å². The topological polar surface area (TPSA) is 72.2 Å². The molecule has 0 radical (unpaired) electrons. The molecular formula is C15H11ClF2N2O3. The van der Waals surface area contributed by atoms with Gasteiger partial charge < -0.3 is 5.32 Å². The summed E-state index contributed by atoms with van der Waals surface area (Å²) in [6.07, 6.45) is 0. The molecule has 1 unspecified atom stereocenters. The molecule has 2 rings (SSSR count). The monoisotopic (exact) mass is 340 g/mol. The van der Waals surface area contributed by atoms with Gasteiger partial charge in [0.05, 0.1) is 21.6 Å². The lowest BCUT2D eigenvalue weighted by molar-refractivity contribution is -0.384. The quantitative estimate of drug-likeness (QED) is 0.675. The minimum Gasteiger partial charge on any atom is -0.345 e. The third-order valence-corrected chi connectivity index (χ3v) is 3.50. The minimum absolute atomic E-state index is 0.0200. The van der Waals surface area contributed by atoms with Crippen molar-refractivity contribution in [3.8, 4) is 0 Å². The average Bonchev–Trinajstić information content (AvgIpc) is 2.46. The number of nitrogens with zero attached hydrogens (tertiary/aromatic N) is 1. The molecule has 0 aliphatic heterocycles. The molecule has 1 amide bonds. The van der Waals surface area contributed by atoms with Gasteiger partial charge in [0.15, 0.2) is 0 Å². The zero-order valence-corrected chi connectivity index (χ0v) is 12.6. The van der Waals surface area contributed by atoms with Gasteiger partial charge in [0.25, 0.3) is 11.6 Å². The van der Waals surface area contributed by atoms with Gasteiger partial charge in [-0.1, -0.05) is 17.7 Å². The standard InChI is InChI=1S/C15H11ClF2N2O3/c1-8(11-4-2-9(17)6-14(11)18)19-15(21)12-5-3-10(20(22)23)7-13(12)16/h2-8H,1H3,(H,19,21). The molecule has 0 spiro atoms. The van der Waals surface area contributed by atoms with Crippen molar-refractivity contribution >= 4 is 23.2 Å². The molecule has 0 heterocycles. The van der Waals surface area contributed by atoms with E-state index in [9.17, 15) is 23.7 Å². The first kappa shape index (κ1) is 16.8. The summed E-state index contributed by atoms with van der Waals surface area (Å²) < 4.78 is 26.6. The summed E-state index contributed by atoms with van der Waals surface area (Å²) in [6.45, 7) is 1.52. The number of nitrogens with one attached hydrogen (secondary N) is 1. The summed E-state index contributed by atoms with van der Waals surface area (Å²) in [5, 5.41) is 13.0. The van der Waals surface area contributed by atoms with Gasteiger partial charge >= 0.3 is 0 Å². The number of nitro benzene ring substituents is 1. The summed E-state index contributed by atoms with van der Waals surface area (Å²) in [7, 11) is 0. The maximum Gasteiger partial charge on any atom is 0.270 e. The summed E-state index contributed by atoms with van der Waals surface area (Å²) >= 11 is 5.86. The number of nitro groups is 1. The highest BCUT2D eigenvalue weighted by Crippen LogP contribution is 2.24. The van der Waals surface area contributed by atoms with Gasteiger partial charge in [-0.05, 0) is 19.1 Å². The van der Waals surface area contributed by atoms with Crippen LogP contribution >= 0.6 is 11.6 Å². The number of halogens is 3. The van der Waals surface area contributed by atoms with E-state index in [1.807, 2.05) is 0 Å². The summed E-state index contributed by atoms with van der Waals surface area (Å²) in [5.41, 5.74) is -0.117. The van der Waals surface area contributed by atoms with Gasteiger partial charge in [-0.25, -0.2) is 8.78 Å². The van der Waals surface area contributed by atoms with Crippen LogP contribution in [0.25, 0.3) is 0 Å². The number of hydrogen-bond acceptors (Lipinski definition) is 3. The lowest BCUT2D eigenvalue weighted by atomic mass is 10.1. The van der Waals surface area contributed by atoms with E-state index in [1.54, 1.807) is 0 Å². The van der Waals surface area contributed by atoms with Crippen LogP contribution in [0.2, 0.25) is 5.02 Å².